The first-order valence-electron chi connectivity index (χ1n) is 7.24. The number of amides is 1. The van der Waals surface area contributed by atoms with E-state index < -0.39 is 23.4 Å². The summed E-state index contributed by atoms with van der Waals surface area (Å²) in [7, 11) is 0. The zero-order valence-electron chi connectivity index (χ0n) is 12.9. The average molecular weight is 333 g/mol. The molecule has 1 N–H and O–H groups in total. The van der Waals surface area contributed by atoms with Crippen molar-refractivity contribution < 1.29 is 27.9 Å². The number of carboxylic acids is 1. The van der Waals surface area contributed by atoms with Crippen molar-refractivity contribution in [1.29, 1.82) is 0 Å². The number of likely N-dealkylation sites (tertiary alicyclic amines) is 1. The van der Waals surface area contributed by atoms with E-state index in [0.29, 0.717) is 13.1 Å². The van der Waals surface area contributed by atoms with Gasteiger partial charge in [0.05, 0.1) is 5.69 Å². The molecule has 1 aromatic rings. The van der Waals surface area contributed by atoms with Crippen molar-refractivity contribution in [3.05, 3.63) is 17.0 Å². The van der Waals surface area contributed by atoms with Crippen LogP contribution in [0.2, 0.25) is 0 Å². The molecule has 1 atom stereocenters. The van der Waals surface area contributed by atoms with E-state index in [1.165, 1.54) is 13.8 Å². The predicted molar refractivity (Wildman–Crippen MR) is 73.9 cm³/mol. The summed E-state index contributed by atoms with van der Waals surface area (Å²) in [4.78, 5) is 24.2. The first-order valence-corrected chi connectivity index (χ1v) is 7.24. The van der Waals surface area contributed by atoms with E-state index in [2.05, 4.69) is 5.10 Å². The van der Waals surface area contributed by atoms with Crippen LogP contribution >= 0.6 is 0 Å². The van der Waals surface area contributed by atoms with Crippen LogP contribution in [0.4, 0.5) is 13.2 Å². The third-order valence-corrected chi connectivity index (χ3v) is 4.08. The number of carboxylic acid groups (broad SMARTS) is 1. The first-order chi connectivity index (χ1) is 10.6. The molecule has 0 radical (unpaired) electrons. The van der Waals surface area contributed by atoms with Crippen LogP contribution in [0, 0.1) is 12.8 Å². The number of aromatic nitrogens is 2. The fourth-order valence-electron chi connectivity index (χ4n) is 2.92. The summed E-state index contributed by atoms with van der Waals surface area (Å²) < 4.78 is 40.0. The molecule has 0 aliphatic carbocycles. The Morgan fingerprint density at radius 3 is 2.52 bits per heavy atom. The maximum Gasteiger partial charge on any atom is 0.436 e. The van der Waals surface area contributed by atoms with Gasteiger partial charge in [-0.1, -0.05) is 0 Å². The van der Waals surface area contributed by atoms with Crippen LogP contribution in [-0.2, 0) is 17.5 Å². The van der Waals surface area contributed by atoms with Crippen LogP contribution in [0.1, 0.15) is 41.5 Å². The minimum atomic E-state index is -4.82. The maximum atomic E-state index is 13.0. The number of nitrogens with zero attached hydrogens (tertiary/aromatic N) is 3. The predicted octanol–water partition coefficient (Wildman–Crippen LogP) is 2.17. The van der Waals surface area contributed by atoms with Gasteiger partial charge in [-0.15, -0.1) is 0 Å². The van der Waals surface area contributed by atoms with Gasteiger partial charge in [-0.3, -0.25) is 9.48 Å². The number of aromatic carboxylic acids is 1. The van der Waals surface area contributed by atoms with E-state index in [1.807, 2.05) is 0 Å². The van der Waals surface area contributed by atoms with Crippen molar-refractivity contribution in [2.45, 2.75) is 39.4 Å². The standard InChI is InChI=1S/C14H18F3N3O3/c1-8-11(13(22)23)12(14(15,16)17)18-20(8)7-10-4-3-5-19(6-10)9(2)21/h10H,3-7H2,1-2H3,(H,22,23). The van der Waals surface area contributed by atoms with Gasteiger partial charge in [0.1, 0.15) is 5.56 Å². The van der Waals surface area contributed by atoms with E-state index in [-0.39, 0.29) is 24.1 Å². The summed E-state index contributed by atoms with van der Waals surface area (Å²) in [6.45, 7) is 4.01. The number of hydrogen-bond acceptors (Lipinski definition) is 3. The van der Waals surface area contributed by atoms with Gasteiger partial charge in [0, 0.05) is 26.6 Å². The highest BCUT2D eigenvalue weighted by atomic mass is 19.4. The highest BCUT2D eigenvalue weighted by Gasteiger charge is 2.41. The molecule has 128 valence electrons. The van der Waals surface area contributed by atoms with Crippen LogP contribution < -0.4 is 0 Å². The Hall–Kier alpha value is -2.06. The number of halogens is 3. The van der Waals surface area contributed by atoms with E-state index >= 15 is 0 Å². The normalized spacial score (nSPS) is 19.0. The fourth-order valence-corrected chi connectivity index (χ4v) is 2.92. The number of carbonyl (C=O) groups is 2. The molecule has 0 saturated carbocycles. The van der Waals surface area contributed by atoms with Crippen LogP contribution in [0.5, 0.6) is 0 Å². The Morgan fingerprint density at radius 1 is 1.39 bits per heavy atom. The average Bonchev–Trinajstić information content (AvgIpc) is 2.76. The van der Waals surface area contributed by atoms with Crippen LogP contribution in [0.25, 0.3) is 0 Å². The van der Waals surface area contributed by atoms with Crippen molar-refractivity contribution in [2.24, 2.45) is 5.92 Å². The smallest absolute Gasteiger partial charge is 0.436 e. The van der Waals surface area contributed by atoms with Gasteiger partial charge in [-0.25, -0.2) is 4.79 Å². The van der Waals surface area contributed by atoms with Gasteiger partial charge in [-0.05, 0) is 25.7 Å². The van der Waals surface area contributed by atoms with Crippen molar-refractivity contribution >= 4 is 11.9 Å². The van der Waals surface area contributed by atoms with Gasteiger partial charge in [-0.2, -0.15) is 18.3 Å². The lowest BCUT2D eigenvalue weighted by atomic mass is 9.98. The molecule has 0 spiro atoms. The summed E-state index contributed by atoms with van der Waals surface area (Å²) in [5.41, 5.74) is -2.21. The lowest BCUT2D eigenvalue weighted by Gasteiger charge is -2.32. The Kier molecular flexibility index (Phi) is 4.67. The molecule has 1 aromatic heterocycles. The van der Waals surface area contributed by atoms with E-state index in [1.54, 1.807) is 4.90 Å². The summed E-state index contributed by atoms with van der Waals surface area (Å²) in [5, 5.41) is 12.5. The summed E-state index contributed by atoms with van der Waals surface area (Å²) >= 11 is 0. The SMILES string of the molecule is CC(=O)N1CCCC(Cn2nc(C(F)(F)F)c(C(=O)O)c2C)C1. The second kappa shape index (κ2) is 6.21. The minimum Gasteiger partial charge on any atom is -0.478 e. The van der Waals surface area contributed by atoms with Gasteiger partial charge in [0.15, 0.2) is 5.69 Å². The minimum absolute atomic E-state index is 0.0234. The third-order valence-electron chi connectivity index (χ3n) is 4.08. The molecule has 9 heteroatoms. The molecule has 2 rings (SSSR count). The van der Waals surface area contributed by atoms with Crippen molar-refractivity contribution in [2.75, 3.05) is 13.1 Å². The van der Waals surface area contributed by atoms with E-state index in [4.69, 9.17) is 5.11 Å². The molecular weight excluding hydrogens is 315 g/mol. The molecule has 1 aliphatic heterocycles. The fraction of sp³-hybridized carbons (Fsp3) is 0.643. The monoisotopic (exact) mass is 333 g/mol. The largest absolute Gasteiger partial charge is 0.478 e. The van der Waals surface area contributed by atoms with Gasteiger partial charge < -0.3 is 10.0 Å². The van der Waals surface area contributed by atoms with Gasteiger partial charge in [0.25, 0.3) is 0 Å². The highest BCUT2D eigenvalue weighted by Crippen LogP contribution is 2.33. The van der Waals surface area contributed by atoms with Crippen LogP contribution in [-0.4, -0.2) is 44.8 Å². The maximum absolute atomic E-state index is 13.0. The second-order valence-corrected chi connectivity index (χ2v) is 5.77. The molecule has 6 nitrogen and oxygen atoms in total. The summed E-state index contributed by atoms with van der Waals surface area (Å²) in [6, 6.07) is 0. The molecule has 0 bridgehead atoms. The topological polar surface area (TPSA) is 75.4 Å². The van der Waals surface area contributed by atoms with Gasteiger partial charge in [0.2, 0.25) is 5.91 Å². The number of piperidine rings is 1. The second-order valence-electron chi connectivity index (χ2n) is 5.77. The molecule has 1 unspecified atom stereocenters. The Labute approximate surface area is 130 Å². The molecule has 1 amide bonds. The first kappa shape index (κ1) is 17.3. The Morgan fingerprint density at radius 2 is 2.04 bits per heavy atom. The van der Waals surface area contributed by atoms with Crippen LogP contribution in [0.3, 0.4) is 0 Å². The number of hydrogen-bond donors (Lipinski definition) is 1. The van der Waals surface area contributed by atoms with E-state index in [0.717, 1.165) is 17.5 Å². The van der Waals surface area contributed by atoms with Crippen molar-refractivity contribution in [1.82, 2.24) is 14.7 Å². The third kappa shape index (κ3) is 3.65. The Balaban J connectivity index is 2.27. The summed E-state index contributed by atoms with van der Waals surface area (Å²) in [5.74, 6) is -1.77. The van der Waals surface area contributed by atoms with Gasteiger partial charge >= 0.3 is 12.1 Å². The van der Waals surface area contributed by atoms with E-state index in [9.17, 15) is 22.8 Å². The zero-order chi connectivity index (χ0) is 17.4. The number of alkyl halides is 3. The number of carbonyl (C=O) groups excluding carboxylic acids is 1. The molecule has 2 heterocycles. The quantitative estimate of drug-likeness (QED) is 0.920. The van der Waals surface area contributed by atoms with Crippen molar-refractivity contribution in [3.8, 4) is 0 Å². The van der Waals surface area contributed by atoms with Crippen LogP contribution in [0.15, 0.2) is 0 Å². The lowest BCUT2D eigenvalue weighted by Crippen LogP contribution is -2.40. The zero-order valence-corrected chi connectivity index (χ0v) is 12.9. The summed E-state index contributed by atoms with van der Waals surface area (Å²) in [6.07, 6.45) is -3.29. The molecular formula is C14H18F3N3O3. The molecule has 0 aromatic carbocycles. The Bertz CT molecular complexity index is 625. The number of rotatable bonds is 3. The molecule has 1 aliphatic rings. The molecule has 23 heavy (non-hydrogen) atoms. The molecule has 1 saturated heterocycles. The van der Waals surface area contributed by atoms with Crippen molar-refractivity contribution in [3.63, 3.8) is 0 Å². The lowest BCUT2D eigenvalue weighted by molar-refractivity contribution is -0.142. The highest BCUT2D eigenvalue weighted by molar-refractivity contribution is 5.90. The molecule has 1 fully saturated rings.